The van der Waals surface area contributed by atoms with Crippen LogP contribution in [0.4, 0.5) is 15.8 Å². The summed E-state index contributed by atoms with van der Waals surface area (Å²) in [5.74, 6) is -0.538. The molecular formula is C23H23FN4O3S. The largest absolute Gasteiger partial charge is 0.368 e. The summed E-state index contributed by atoms with van der Waals surface area (Å²) in [6, 6.07) is 17.5. The van der Waals surface area contributed by atoms with E-state index in [-0.39, 0.29) is 22.3 Å². The molecule has 0 atom stereocenters. The van der Waals surface area contributed by atoms with Crippen molar-refractivity contribution in [2.75, 3.05) is 42.4 Å². The Morgan fingerprint density at radius 2 is 1.62 bits per heavy atom. The third-order valence-corrected chi connectivity index (χ3v) is 7.29. The second kappa shape index (κ2) is 8.96. The lowest BCUT2D eigenvalue weighted by Crippen LogP contribution is -2.49. The number of halogens is 1. The quantitative estimate of drug-likeness (QED) is 0.593. The predicted octanol–water partition coefficient (Wildman–Crippen LogP) is 3.01. The molecule has 9 heteroatoms. The molecule has 1 aromatic heterocycles. The first-order valence-corrected chi connectivity index (χ1v) is 11.6. The lowest BCUT2D eigenvalue weighted by Gasteiger charge is -2.36. The van der Waals surface area contributed by atoms with Gasteiger partial charge in [0, 0.05) is 45.1 Å². The summed E-state index contributed by atoms with van der Waals surface area (Å²) < 4.78 is 40.1. The first kappa shape index (κ1) is 21.8. The van der Waals surface area contributed by atoms with Gasteiger partial charge in [0.1, 0.15) is 11.5 Å². The molecule has 2 aromatic carbocycles. The summed E-state index contributed by atoms with van der Waals surface area (Å²) in [6.07, 6.45) is 1.44. The summed E-state index contributed by atoms with van der Waals surface area (Å²) in [5.41, 5.74) is 1.45. The van der Waals surface area contributed by atoms with E-state index in [9.17, 15) is 17.6 Å². The van der Waals surface area contributed by atoms with Crippen molar-refractivity contribution in [2.45, 2.75) is 4.90 Å². The Bertz CT molecular complexity index is 1200. The lowest BCUT2D eigenvalue weighted by molar-refractivity contribution is 0.0741. The molecule has 0 saturated carbocycles. The monoisotopic (exact) mass is 454 g/mol. The van der Waals surface area contributed by atoms with E-state index in [2.05, 4.69) is 9.88 Å². The Balaban J connectivity index is 1.46. The van der Waals surface area contributed by atoms with Gasteiger partial charge in [-0.2, -0.15) is 0 Å². The van der Waals surface area contributed by atoms with Crippen LogP contribution in [0, 0.1) is 5.82 Å². The van der Waals surface area contributed by atoms with E-state index in [0.717, 1.165) is 9.99 Å². The lowest BCUT2D eigenvalue weighted by atomic mass is 10.2. The van der Waals surface area contributed by atoms with Crippen LogP contribution in [-0.2, 0) is 10.0 Å². The molecule has 0 spiro atoms. The maximum Gasteiger partial charge on any atom is 0.272 e. The number of hydrogen-bond acceptors (Lipinski definition) is 5. The fourth-order valence-electron chi connectivity index (χ4n) is 3.60. The molecule has 1 aliphatic rings. The Morgan fingerprint density at radius 1 is 0.969 bits per heavy atom. The fourth-order valence-corrected chi connectivity index (χ4v) is 4.81. The Hall–Kier alpha value is -3.46. The number of amides is 1. The van der Waals surface area contributed by atoms with Crippen molar-refractivity contribution in [1.29, 1.82) is 0 Å². The van der Waals surface area contributed by atoms with E-state index in [0.29, 0.717) is 31.9 Å². The number of carbonyl (C=O) groups is 1. The van der Waals surface area contributed by atoms with Crippen LogP contribution in [0.3, 0.4) is 0 Å². The van der Waals surface area contributed by atoms with Gasteiger partial charge in [-0.25, -0.2) is 12.8 Å². The van der Waals surface area contributed by atoms with Gasteiger partial charge in [-0.1, -0.05) is 18.2 Å². The van der Waals surface area contributed by atoms with Crippen LogP contribution >= 0.6 is 0 Å². The van der Waals surface area contributed by atoms with Gasteiger partial charge in [0.15, 0.2) is 0 Å². The Labute approximate surface area is 186 Å². The van der Waals surface area contributed by atoms with Crippen molar-refractivity contribution >= 4 is 27.3 Å². The van der Waals surface area contributed by atoms with Gasteiger partial charge >= 0.3 is 0 Å². The number of carbonyl (C=O) groups excluding carboxylic acids is 1. The van der Waals surface area contributed by atoms with E-state index in [1.165, 1.54) is 43.6 Å². The second-order valence-corrected chi connectivity index (χ2v) is 9.41. The third kappa shape index (κ3) is 4.43. The van der Waals surface area contributed by atoms with Crippen molar-refractivity contribution in [3.63, 3.8) is 0 Å². The number of piperazine rings is 1. The SMILES string of the molecule is CN(c1ccnc(C(=O)N2CCN(c3ccc(F)cc3)CC2)c1)S(=O)(=O)c1ccccc1. The first-order chi connectivity index (χ1) is 15.4. The zero-order valence-electron chi connectivity index (χ0n) is 17.6. The highest BCUT2D eigenvalue weighted by molar-refractivity contribution is 7.92. The normalized spacial score (nSPS) is 14.3. The molecule has 0 N–H and O–H groups in total. The highest BCUT2D eigenvalue weighted by Crippen LogP contribution is 2.23. The van der Waals surface area contributed by atoms with Crippen LogP contribution in [0.2, 0.25) is 0 Å². The third-order valence-electron chi connectivity index (χ3n) is 5.49. The van der Waals surface area contributed by atoms with E-state index >= 15 is 0 Å². The number of pyridine rings is 1. The molecule has 0 unspecified atom stereocenters. The summed E-state index contributed by atoms with van der Waals surface area (Å²) in [7, 11) is -2.30. The van der Waals surface area contributed by atoms with Crippen molar-refractivity contribution < 1.29 is 17.6 Å². The molecule has 1 saturated heterocycles. The van der Waals surface area contributed by atoms with E-state index < -0.39 is 10.0 Å². The molecule has 1 amide bonds. The van der Waals surface area contributed by atoms with Crippen LogP contribution in [-0.4, -0.2) is 57.4 Å². The minimum absolute atomic E-state index is 0.170. The fraction of sp³-hybridized carbons (Fsp3) is 0.217. The average Bonchev–Trinajstić information content (AvgIpc) is 2.84. The molecule has 3 aromatic rings. The van der Waals surface area contributed by atoms with E-state index in [1.54, 1.807) is 41.3 Å². The number of nitrogens with zero attached hydrogens (tertiary/aromatic N) is 4. The maximum atomic E-state index is 13.1. The Kier molecular flexibility index (Phi) is 6.09. The number of sulfonamides is 1. The van der Waals surface area contributed by atoms with Gasteiger partial charge < -0.3 is 9.80 Å². The molecule has 2 heterocycles. The Morgan fingerprint density at radius 3 is 2.28 bits per heavy atom. The molecule has 7 nitrogen and oxygen atoms in total. The maximum absolute atomic E-state index is 13.1. The average molecular weight is 455 g/mol. The number of anilines is 2. The van der Waals surface area contributed by atoms with Crippen LogP contribution < -0.4 is 9.21 Å². The molecule has 1 fully saturated rings. The molecule has 166 valence electrons. The zero-order valence-corrected chi connectivity index (χ0v) is 18.4. The zero-order chi connectivity index (χ0) is 22.7. The van der Waals surface area contributed by atoms with Gasteiger partial charge in [0.2, 0.25) is 0 Å². The van der Waals surface area contributed by atoms with Crippen molar-refractivity contribution in [1.82, 2.24) is 9.88 Å². The number of hydrogen-bond donors (Lipinski definition) is 0. The summed E-state index contributed by atoms with van der Waals surface area (Å²) in [6.45, 7) is 2.19. The number of benzene rings is 2. The van der Waals surface area contributed by atoms with Crippen molar-refractivity contribution in [3.8, 4) is 0 Å². The molecule has 0 radical (unpaired) electrons. The van der Waals surface area contributed by atoms with Gasteiger partial charge in [0.05, 0.1) is 10.6 Å². The highest BCUT2D eigenvalue weighted by atomic mass is 32.2. The predicted molar refractivity (Wildman–Crippen MR) is 121 cm³/mol. The summed E-state index contributed by atoms with van der Waals surface area (Å²) >= 11 is 0. The van der Waals surface area contributed by atoms with E-state index in [4.69, 9.17) is 0 Å². The van der Waals surface area contributed by atoms with E-state index in [1.807, 2.05) is 0 Å². The van der Waals surface area contributed by atoms with Gasteiger partial charge in [-0.3, -0.25) is 14.1 Å². The second-order valence-electron chi connectivity index (χ2n) is 7.44. The van der Waals surface area contributed by atoms with Gasteiger partial charge in [0.25, 0.3) is 15.9 Å². The minimum Gasteiger partial charge on any atom is -0.368 e. The van der Waals surface area contributed by atoms with Crippen LogP contribution in [0.5, 0.6) is 0 Å². The summed E-state index contributed by atoms with van der Waals surface area (Å²) in [5, 5.41) is 0. The number of rotatable bonds is 5. The summed E-state index contributed by atoms with van der Waals surface area (Å²) in [4.78, 5) is 21.1. The standard InChI is InChI=1S/C23H23FN4O3S/c1-26(32(30,31)21-5-3-2-4-6-21)20-11-12-25-22(17-20)23(29)28-15-13-27(14-16-28)19-9-7-18(24)8-10-19/h2-12,17H,13-16H2,1H3. The first-order valence-electron chi connectivity index (χ1n) is 10.2. The van der Waals surface area contributed by atoms with Crippen molar-refractivity contribution in [2.24, 2.45) is 0 Å². The molecule has 0 bridgehead atoms. The molecule has 1 aliphatic heterocycles. The number of aromatic nitrogens is 1. The van der Waals surface area contributed by atoms with Gasteiger partial charge in [-0.15, -0.1) is 0 Å². The minimum atomic E-state index is -3.75. The molecular weight excluding hydrogens is 431 g/mol. The highest BCUT2D eigenvalue weighted by Gasteiger charge is 2.25. The molecule has 4 rings (SSSR count). The molecule has 0 aliphatic carbocycles. The van der Waals surface area contributed by atoms with Crippen LogP contribution in [0.15, 0.2) is 77.8 Å². The van der Waals surface area contributed by atoms with Crippen LogP contribution in [0.25, 0.3) is 0 Å². The topological polar surface area (TPSA) is 73.8 Å². The van der Waals surface area contributed by atoms with Crippen molar-refractivity contribution in [3.05, 3.63) is 84.4 Å². The van der Waals surface area contributed by atoms with Crippen LogP contribution in [0.1, 0.15) is 10.5 Å². The molecule has 32 heavy (non-hydrogen) atoms. The smallest absolute Gasteiger partial charge is 0.272 e. The van der Waals surface area contributed by atoms with Gasteiger partial charge in [-0.05, 0) is 48.5 Å².